The van der Waals surface area contributed by atoms with Crippen molar-refractivity contribution in [3.63, 3.8) is 0 Å². The van der Waals surface area contributed by atoms with Gasteiger partial charge in [0.15, 0.2) is 0 Å². The van der Waals surface area contributed by atoms with Crippen molar-refractivity contribution in [2.45, 2.75) is 38.5 Å². The molecule has 1 aliphatic heterocycles. The first-order valence-corrected chi connectivity index (χ1v) is 7.75. The molecule has 1 saturated heterocycles. The van der Waals surface area contributed by atoms with Gasteiger partial charge in [0.1, 0.15) is 0 Å². The van der Waals surface area contributed by atoms with Gasteiger partial charge in [0.2, 0.25) is 12.3 Å². The summed E-state index contributed by atoms with van der Waals surface area (Å²) in [6.45, 7) is 0.565. The molecule has 2 N–H and O–H groups in total. The van der Waals surface area contributed by atoms with Crippen LogP contribution in [-0.4, -0.2) is 63.4 Å². The van der Waals surface area contributed by atoms with Crippen LogP contribution in [0.2, 0.25) is 0 Å². The minimum atomic E-state index is -1.15. The Hall–Kier alpha value is -1.83. The number of rotatable bonds is 6. The SMILES string of the molecule is O=CN(O)C[C@@H](CC1CCCC1)C(=O)N1CCCN1C(=O)O. The third-order valence-corrected chi connectivity index (χ3v) is 4.48. The quantitative estimate of drug-likeness (QED) is 0.435. The van der Waals surface area contributed by atoms with Crippen LogP contribution >= 0.6 is 0 Å². The first kappa shape index (κ1) is 16.5. The summed E-state index contributed by atoms with van der Waals surface area (Å²) >= 11 is 0. The van der Waals surface area contributed by atoms with E-state index in [1.807, 2.05) is 0 Å². The van der Waals surface area contributed by atoms with Gasteiger partial charge in [-0.1, -0.05) is 25.7 Å². The number of hydrazine groups is 1. The van der Waals surface area contributed by atoms with E-state index < -0.39 is 12.0 Å². The molecule has 2 aliphatic rings. The number of hydroxylamine groups is 2. The number of hydrogen-bond donors (Lipinski definition) is 2. The molecule has 0 unspecified atom stereocenters. The van der Waals surface area contributed by atoms with Crippen LogP contribution < -0.4 is 0 Å². The number of amides is 3. The van der Waals surface area contributed by atoms with Crippen molar-refractivity contribution in [3.05, 3.63) is 0 Å². The van der Waals surface area contributed by atoms with Gasteiger partial charge in [-0.05, 0) is 18.8 Å². The molecule has 0 aromatic rings. The highest BCUT2D eigenvalue weighted by Crippen LogP contribution is 2.31. The summed E-state index contributed by atoms with van der Waals surface area (Å²) in [6, 6.07) is 0. The molecule has 8 nitrogen and oxygen atoms in total. The normalized spacial score (nSPS) is 20.2. The first-order chi connectivity index (χ1) is 10.5. The Morgan fingerprint density at radius 2 is 1.82 bits per heavy atom. The maximum absolute atomic E-state index is 12.7. The van der Waals surface area contributed by atoms with Crippen LogP contribution in [0.3, 0.4) is 0 Å². The highest BCUT2D eigenvalue weighted by Gasteiger charge is 2.36. The molecule has 2 rings (SSSR count). The third-order valence-electron chi connectivity index (χ3n) is 4.48. The Bertz CT molecular complexity index is 425. The number of carbonyl (C=O) groups excluding carboxylic acids is 2. The van der Waals surface area contributed by atoms with Crippen LogP contribution in [0, 0.1) is 11.8 Å². The molecule has 22 heavy (non-hydrogen) atoms. The Labute approximate surface area is 129 Å². The minimum absolute atomic E-state index is 0.0945. The van der Waals surface area contributed by atoms with Crippen molar-refractivity contribution < 1.29 is 24.7 Å². The average Bonchev–Trinajstić information content (AvgIpc) is 3.16. The van der Waals surface area contributed by atoms with E-state index in [1.165, 1.54) is 5.01 Å². The van der Waals surface area contributed by atoms with Crippen LogP contribution in [0.5, 0.6) is 0 Å². The van der Waals surface area contributed by atoms with Crippen molar-refractivity contribution in [2.75, 3.05) is 19.6 Å². The lowest BCUT2D eigenvalue weighted by molar-refractivity contribution is -0.161. The van der Waals surface area contributed by atoms with Crippen molar-refractivity contribution in [1.82, 2.24) is 15.1 Å². The Kier molecular flexibility index (Phi) is 5.59. The summed E-state index contributed by atoms with van der Waals surface area (Å²) in [6.07, 6.45) is 4.64. The molecule has 1 heterocycles. The molecule has 0 aromatic heterocycles. The largest absolute Gasteiger partial charge is 0.464 e. The summed E-state index contributed by atoms with van der Waals surface area (Å²) in [5.41, 5.74) is 0. The molecule has 0 aromatic carbocycles. The predicted molar refractivity (Wildman–Crippen MR) is 75.7 cm³/mol. The van der Waals surface area contributed by atoms with E-state index in [0.717, 1.165) is 30.7 Å². The Morgan fingerprint density at radius 1 is 1.18 bits per heavy atom. The monoisotopic (exact) mass is 313 g/mol. The molecule has 3 amide bonds. The second-order valence-corrected chi connectivity index (χ2v) is 6.03. The van der Waals surface area contributed by atoms with Gasteiger partial charge in [-0.3, -0.25) is 14.8 Å². The van der Waals surface area contributed by atoms with E-state index in [1.54, 1.807) is 0 Å². The van der Waals surface area contributed by atoms with E-state index >= 15 is 0 Å². The van der Waals surface area contributed by atoms with Crippen molar-refractivity contribution in [1.29, 1.82) is 0 Å². The lowest BCUT2D eigenvalue weighted by Crippen LogP contribution is -2.48. The van der Waals surface area contributed by atoms with Crippen molar-refractivity contribution in [2.24, 2.45) is 11.8 Å². The molecule has 0 radical (unpaired) electrons. The third kappa shape index (κ3) is 3.88. The van der Waals surface area contributed by atoms with Crippen molar-refractivity contribution >= 4 is 18.4 Å². The highest BCUT2D eigenvalue weighted by atomic mass is 16.5. The zero-order valence-corrected chi connectivity index (χ0v) is 12.6. The molecule has 1 aliphatic carbocycles. The van der Waals surface area contributed by atoms with E-state index in [9.17, 15) is 19.6 Å². The molecule has 1 atom stereocenters. The van der Waals surface area contributed by atoms with E-state index in [-0.39, 0.29) is 18.9 Å². The van der Waals surface area contributed by atoms with Gasteiger partial charge in [-0.15, -0.1) is 0 Å². The van der Waals surface area contributed by atoms with Crippen LogP contribution in [0.4, 0.5) is 4.79 Å². The summed E-state index contributed by atoms with van der Waals surface area (Å²) in [5, 5.41) is 21.3. The first-order valence-electron chi connectivity index (χ1n) is 7.75. The standard InChI is InChI=1S/C14H23N3O5/c18-10-15(22)9-12(8-11-4-1-2-5-11)13(19)16-6-3-7-17(16)14(20)21/h10-12,22H,1-9H2,(H,20,21)/t12-/m1/s1. The fourth-order valence-corrected chi connectivity index (χ4v) is 3.42. The van der Waals surface area contributed by atoms with Gasteiger partial charge >= 0.3 is 6.09 Å². The number of hydrogen-bond acceptors (Lipinski definition) is 4. The zero-order valence-electron chi connectivity index (χ0n) is 12.6. The van der Waals surface area contributed by atoms with Gasteiger partial charge in [0.25, 0.3) is 0 Å². The summed E-state index contributed by atoms with van der Waals surface area (Å²) < 4.78 is 0. The summed E-state index contributed by atoms with van der Waals surface area (Å²) in [5.74, 6) is -0.499. The lowest BCUT2D eigenvalue weighted by atomic mass is 9.92. The summed E-state index contributed by atoms with van der Waals surface area (Å²) in [7, 11) is 0. The van der Waals surface area contributed by atoms with E-state index in [2.05, 4.69) is 0 Å². The zero-order chi connectivity index (χ0) is 16.1. The van der Waals surface area contributed by atoms with Crippen LogP contribution in [0.1, 0.15) is 38.5 Å². The van der Waals surface area contributed by atoms with E-state index in [0.29, 0.717) is 36.9 Å². The van der Waals surface area contributed by atoms with Gasteiger partial charge in [-0.25, -0.2) is 19.9 Å². The molecular formula is C14H23N3O5. The minimum Gasteiger partial charge on any atom is -0.464 e. The lowest BCUT2D eigenvalue weighted by Gasteiger charge is -2.30. The van der Waals surface area contributed by atoms with Gasteiger partial charge in [0.05, 0.1) is 12.5 Å². The maximum atomic E-state index is 12.7. The predicted octanol–water partition coefficient (Wildman–Crippen LogP) is 1.16. The molecule has 124 valence electrons. The highest BCUT2D eigenvalue weighted by molar-refractivity contribution is 5.81. The fraction of sp³-hybridized carbons (Fsp3) is 0.786. The second kappa shape index (κ2) is 7.44. The smallest absolute Gasteiger partial charge is 0.426 e. The maximum Gasteiger partial charge on any atom is 0.426 e. The topological polar surface area (TPSA) is 101 Å². The van der Waals surface area contributed by atoms with Gasteiger partial charge in [-0.2, -0.15) is 0 Å². The molecule has 8 heteroatoms. The van der Waals surface area contributed by atoms with Crippen molar-refractivity contribution in [3.8, 4) is 0 Å². The van der Waals surface area contributed by atoms with Gasteiger partial charge in [0, 0.05) is 13.1 Å². The Balaban J connectivity index is 2.06. The van der Waals surface area contributed by atoms with Crippen LogP contribution in [-0.2, 0) is 9.59 Å². The molecular weight excluding hydrogens is 290 g/mol. The molecule has 1 saturated carbocycles. The van der Waals surface area contributed by atoms with E-state index in [4.69, 9.17) is 5.11 Å². The Morgan fingerprint density at radius 3 is 2.41 bits per heavy atom. The average molecular weight is 313 g/mol. The van der Waals surface area contributed by atoms with Crippen LogP contribution in [0.15, 0.2) is 0 Å². The van der Waals surface area contributed by atoms with Gasteiger partial charge < -0.3 is 5.11 Å². The summed E-state index contributed by atoms with van der Waals surface area (Å²) in [4.78, 5) is 34.5. The fourth-order valence-electron chi connectivity index (χ4n) is 3.42. The second-order valence-electron chi connectivity index (χ2n) is 6.03. The van der Waals surface area contributed by atoms with Crippen LogP contribution in [0.25, 0.3) is 0 Å². The molecule has 2 fully saturated rings. The molecule has 0 bridgehead atoms. The number of carboxylic acid groups (broad SMARTS) is 1. The number of carbonyl (C=O) groups is 3. The number of nitrogens with zero attached hydrogens (tertiary/aromatic N) is 3. The molecule has 0 spiro atoms.